The number of nitrogens with one attached hydrogen (secondary N) is 2. The van der Waals surface area contributed by atoms with Crippen LogP contribution in [0.5, 0.6) is 5.75 Å². The molecule has 1 aromatic heterocycles. The molecule has 2 N–H and O–H groups in total. The summed E-state index contributed by atoms with van der Waals surface area (Å²) in [5.41, 5.74) is 3.20. The lowest BCUT2D eigenvalue weighted by Crippen LogP contribution is -2.37. The summed E-state index contributed by atoms with van der Waals surface area (Å²) in [6.07, 6.45) is 2.73. The largest absolute Gasteiger partial charge is 0.491 e. The van der Waals surface area contributed by atoms with Gasteiger partial charge in [0.25, 0.3) is 5.91 Å². The summed E-state index contributed by atoms with van der Waals surface area (Å²) in [6.45, 7) is 9.87. The lowest BCUT2D eigenvalue weighted by Gasteiger charge is -2.17. The Morgan fingerprint density at radius 1 is 1.26 bits per heavy atom. The molecule has 0 radical (unpaired) electrons. The summed E-state index contributed by atoms with van der Waals surface area (Å²) in [6, 6.07) is 9.09. The number of nitrogens with zero attached hydrogens (tertiary/aromatic N) is 1. The number of pyridine rings is 1. The van der Waals surface area contributed by atoms with Crippen molar-refractivity contribution in [2.24, 2.45) is 0 Å². The number of aryl methyl sites for hydroxylation is 2. The zero-order chi connectivity index (χ0) is 19.8. The van der Waals surface area contributed by atoms with Gasteiger partial charge in [-0.1, -0.05) is 24.8 Å². The lowest BCUT2D eigenvalue weighted by molar-refractivity contribution is -0.116. The molecule has 1 unspecified atom stereocenters. The van der Waals surface area contributed by atoms with E-state index in [1.54, 1.807) is 18.3 Å². The van der Waals surface area contributed by atoms with Crippen LogP contribution in [0.2, 0.25) is 0 Å². The minimum Gasteiger partial charge on any atom is -0.491 e. The quantitative estimate of drug-likeness (QED) is 0.703. The maximum atomic E-state index is 12.4. The van der Waals surface area contributed by atoms with Crippen molar-refractivity contribution >= 4 is 11.8 Å². The second kappa shape index (κ2) is 9.52. The van der Waals surface area contributed by atoms with Crippen LogP contribution in [-0.2, 0) is 11.3 Å². The average Bonchev–Trinajstić information content (AvgIpc) is 2.65. The van der Waals surface area contributed by atoms with Gasteiger partial charge in [-0.3, -0.25) is 14.6 Å². The molecule has 1 atom stereocenters. The molecular formula is C21H25N3O3. The number of hydrogen-bond acceptors (Lipinski definition) is 4. The minimum atomic E-state index is -0.288. The first-order valence-electron chi connectivity index (χ1n) is 8.75. The van der Waals surface area contributed by atoms with E-state index in [2.05, 4.69) is 22.2 Å². The van der Waals surface area contributed by atoms with E-state index in [-0.39, 0.29) is 24.4 Å². The van der Waals surface area contributed by atoms with Crippen LogP contribution in [0.25, 0.3) is 0 Å². The lowest BCUT2D eigenvalue weighted by atomic mass is 10.1. The Labute approximate surface area is 159 Å². The van der Waals surface area contributed by atoms with Gasteiger partial charge in [-0.05, 0) is 50.1 Å². The summed E-state index contributed by atoms with van der Waals surface area (Å²) in [5.74, 6) is 0.345. The number of carbonyl (C=O) groups excluding carboxylic acids is 2. The van der Waals surface area contributed by atoms with Gasteiger partial charge in [-0.15, -0.1) is 0 Å². The predicted molar refractivity (Wildman–Crippen MR) is 105 cm³/mol. The van der Waals surface area contributed by atoms with E-state index in [1.165, 1.54) is 6.08 Å². The van der Waals surface area contributed by atoms with Gasteiger partial charge >= 0.3 is 0 Å². The highest BCUT2D eigenvalue weighted by Crippen LogP contribution is 2.22. The Bertz CT molecular complexity index is 813. The van der Waals surface area contributed by atoms with Gasteiger partial charge in [0.15, 0.2) is 0 Å². The molecule has 0 saturated heterocycles. The number of para-hydroxylation sites is 1. The summed E-state index contributed by atoms with van der Waals surface area (Å²) in [5, 5.41) is 5.55. The topological polar surface area (TPSA) is 80.3 Å². The van der Waals surface area contributed by atoms with E-state index < -0.39 is 0 Å². The number of amides is 2. The molecule has 0 fully saturated rings. The molecule has 6 nitrogen and oxygen atoms in total. The van der Waals surface area contributed by atoms with Crippen molar-refractivity contribution in [3.05, 3.63) is 71.6 Å². The molecule has 2 rings (SSSR count). The van der Waals surface area contributed by atoms with E-state index >= 15 is 0 Å². The zero-order valence-corrected chi connectivity index (χ0v) is 15.9. The SMILES string of the molecule is C=CC(=O)NCc1cc(C(=O)NC(C)COc2c(C)cccc2C)ccn1. The van der Waals surface area contributed by atoms with Crippen molar-refractivity contribution in [2.45, 2.75) is 33.4 Å². The third kappa shape index (κ3) is 5.95. The first kappa shape index (κ1) is 20.2. The molecule has 0 aliphatic carbocycles. The second-order valence-corrected chi connectivity index (χ2v) is 6.36. The van der Waals surface area contributed by atoms with Gasteiger partial charge in [-0.2, -0.15) is 0 Å². The Kier molecular flexibility index (Phi) is 7.11. The molecular weight excluding hydrogens is 342 g/mol. The molecule has 0 spiro atoms. The predicted octanol–water partition coefficient (Wildman–Crippen LogP) is 2.70. The highest BCUT2D eigenvalue weighted by molar-refractivity contribution is 5.94. The fourth-order valence-corrected chi connectivity index (χ4v) is 2.55. The zero-order valence-electron chi connectivity index (χ0n) is 15.9. The van der Waals surface area contributed by atoms with E-state index in [9.17, 15) is 9.59 Å². The molecule has 2 aromatic rings. The van der Waals surface area contributed by atoms with Gasteiger partial charge in [0.2, 0.25) is 5.91 Å². The van der Waals surface area contributed by atoms with Crippen LogP contribution >= 0.6 is 0 Å². The van der Waals surface area contributed by atoms with Crippen LogP contribution in [0.1, 0.15) is 34.1 Å². The molecule has 0 aliphatic rings. The summed E-state index contributed by atoms with van der Waals surface area (Å²) in [7, 11) is 0. The van der Waals surface area contributed by atoms with Crippen molar-refractivity contribution < 1.29 is 14.3 Å². The first-order valence-corrected chi connectivity index (χ1v) is 8.75. The standard InChI is InChI=1S/C21H25N3O3/c1-5-19(25)23-12-18-11-17(9-10-22-18)21(26)24-16(4)13-27-20-14(2)7-6-8-15(20)3/h5-11,16H,1,12-13H2,2-4H3,(H,23,25)(H,24,26). The Morgan fingerprint density at radius 3 is 2.63 bits per heavy atom. The van der Waals surface area contributed by atoms with Crippen molar-refractivity contribution in [1.29, 1.82) is 0 Å². The van der Waals surface area contributed by atoms with Crippen molar-refractivity contribution in [1.82, 2.24) is 15.6 Å². The van der Waals surface area contributed by atoms with Gasteiger partial charge in [-0.25, -0.2) is 0 Å². The molecule has 1 aromatic carbocycles. The minimum absolute atomic E-state index is 0.173. The van der Waals surface area contributed by atoms with Gasteiger partial charge in [0, 0.05) is 11.8 Å². The summed E-state index contributed by atoms with van der Waals surface area (Å²) < 4.78 is 5.88. The van der Waals surface area contributed by atoms with Crippen LogP contribution in [0.3, 0.4) is 0 Å². The number of carbonyl (C=O) groups is 2. The van der Waals surface area contributed by atoms with E-state index in [4.69, 9.17) is 4.74 Å². The monoisotopic (exact) mass is 367 g/mol. The highest BCUT2D eigenvalue weighted by Gasteiger charge is 2.12. The average molecular weight is 367 g/mol. The fourth-order valence-electron chi connectivity index (χ4n) is 2.55. The molecule has 1 heterocycles. The third-order valence-corrected chi connectivity index (χ3v) is 3.97. The number of ether oxygens (including phenoxy) is 1. The van der Waals surface area contributed by atoms with Crippen LogP contribution in [0.4, 0.5) is 0 Å². The number of aromatic nitrogens is 1. The Balaban J connectivity index is 1.92. The Hall–Kier alpha value is -3.15. The molecule has 0 aliphatic heterocycles. The van der Waals surface area contributed by atoms with Gasteiger partial charge in [0.05, 0.1) is 18.3 Å². The Morgan fingerprint density at radius 2 is 1.96 bits per heavy atom. The number of benzene rings is 1. The maximum absolute atomic E-state index is 12.4. The van der Waals surface area contributed by atoms with Crippen molar-refractivity contribution in [3.8, 4) is 5.75 Å². The van der Waals surface area contributed by atoms with E-state index in [0.717, 1.165) is 16.9 Å². The summed E-state index contributed by atoms with van der Waals surface area (Å²) in [4.78, 5) is 27.8. The summed E-state index contributed by atoms with van der Waals surface area (Å²) >= 11 is 0. The van der Waals surface area contributed by atoms with Crippen LogP contribution in [0, 0.1) is 13.8 Å². The van der Waals surface area contributed by atoms with E-state index in [0.29, 0.717) is 17.9 Å². The van der Waals surface area contributed by atoms with Gasteiger partial charge in [0.1, 0.15) is 12.4 Å². The molecule has 0 saturated carbocycles. The fraction of sp³-hybridized carbons (Fsp3) is 0.286. The molecule has 6 heteroatoms. The maximum Gasteiger partial charge on any atom is 0.251 e. The van der Waals surface area contributed by atoms with Crippen LogP contribution in [0.15, 0.2) is 49.2 Å². The highest BCUT2D eigenvalue weighted by atomic mass is 16.5. The molecule has 142 valence electrons. The molecule has 0 bridgehead atoms. The van der Waals surface area contributed by atoms with Crippen molar-refractivity contribution in [3.63, 3.8) is 0 Å². The van der Waals surface area contributed by atoms with Crippen molar-refractivity contribution in [2.75, 3.05) is 6.61 Å². The smallest absolute Gasteiger partial charge is 0.251 e. The van der Waals surface area contributed by atoms with Crippen LogP contribution in [-0.4, -0.2) is 29.4 Å². The van der Waals surface area contributed by atoms with Crippen LogP contribution < -0.4 is 15.4 Å². The van der Waals surface area contributed by atoms with E-state index in [1.807, 2.05) is 39.0 Å². The number of rotatable bonds is 8. The number of hydrogen-bond donors (Lipinski definition) is 2. The first-order chi connectivity index (χ1) is 12.9. The van der Waals surface area contributed by atoms with Gasteiger partial charge < -0.3 is 15.4 Å². The molecule has 2 amide bonds. The third-order valence-electron chi connectivity index (χ3n) is 3.97. The normalized spacial score (nSPS) is 11.4. The second-order valence-electron chi connectivity index (χ2n) is 6.36. The molecule has 27 heavy (non-hydrogen) atoms.